The molecule has 1 aromatic carbocycles. The van der Waals surface area contributed by atoms with Gasteiger partial charge in [-0.05, 0) is 31.2 Å². The van der Waals surface area contributed by atoms with Crippen LogP contribution in [0.2, 0.25) is 0 Å². The smallest absolute Gasteiger partial charge is 0.257 e. The summed E-state index contributed by atoms with van der Waals surface area (Å²) in [7, 11) is -3.71. The highest BCUT2D eigenvalue weighted by Gasteiger charge is 2.29. The molecular formula is C14H17N3O3S. The van der Waals surface area contributed by atoms with Gasteiger partial charge in [-0.2, -0.15) is 0 Å². The molecule has 1 aliphatic rings. The monoisotopic (exact) mass is 307 g/mol. The van der Waals surface area contributed by atoms with Gasteiger partial charge in [0.1, 0.15) is 0 Å². The first-order valence-corrected chi connectivity index (χ1v) is 7.90. The molecule has 21 heavy (non-hydrogen) atoms. The molecule has 0 saturated heterocycles. The van der Waals surface area contributed by atoms with E-state index in [4.69, 9.17) is 5.73 Å². The van der Waals surface area contributed by atoms with Gasteiger partial charge in [-0.25, -0.2) is 8.42 Å². The number of anilines is 1. The second-order valence-electron chi connectivity index (χ2n) is 4.77. The van der Waals surface area contributed by atoms with Crippen molar-refractivity contribution in [3.05, 3.63) is 54.3 Å². The second kappa shape index (κ2) is 6.01. The van der Waals surface area contributed by atoms with Crippen molar-refractivity contribution in [3.63, 3.8) is 0 Å². The highest BCUT2D eigenvalue weighted by atomic mass is 32.2. The number of aryl methyl sites for hydroxylation is 1. The number of nitrogens with two attached hydrogens (primary N) is 1. The van der Waals surface area contributed by atoms with Crippen LogP contribution in [0.4, 0.5) is 5.69 Å². The maximum absolute atomic E-state index is 12.4. The standard InChI is InChI=1S/C14H17N3O3S/c1-11-5-7-12(8-6-11)16-21(19,20)14-4-2-3-9-17(14)10-13(15)18/h2-9,14,16H,10H2,1H3,(H2,15,18). The van der Waals surface area contributed by atoms with Crippen LogP contribution in [0.5, 0.6) is 0 Å². The molecule has 1 aliphatic heterocycles. The SMILES string of the molecule is Cc1ccc(NS(=O)(=O)C2C=CC=CN2CC(N)=O)cc1. The van der Waals surface area contributed by atoms with Crippen LogP contribution in [0, 0.1) is 6.92 Å². The Morgan fingerprint density at radius 2 is 1.95 bits per heavy atom. The fourth-order valence-electron chi connectivity index (χ4n) is 1.97. The molecule has 0 aliphatic carbocycles. The minimum atomic E-state index is -3.71. The zero-order valence-corrected chi connectivity index (χ0v) is 12.4. The summed E-state index contributed by atoms with van der Waals surface area (Å²) >= 11 is 0. The van der Waals surface area contributed by atoms with E-state index >= 15 is 0 Å². The number of hydrogen-bond donors (Lipinski definition) is 2. The molecule has 0 fully saturated rings. The van der Waals surface area contributed by atoms with Crippen molar-refractivity contribution in [3.8, 4) is 0 Å². The number of allylic oxidation sites excluding steroid dienone is 2. The third-order valence-electron chi connectivity index (χ3n) is 2.96. The average Bonchev–Trinajstić information content (AvgIpc) is 2.41. The van der Waals surface area contributed by atoms with Crippen LogP contribution in [0.25, 0.3) is 0 Å². The molecule has 6 nitrogen and oxygen atoms in total. The van der Waals surface area contributed by atoms with Gasteiger partial charge in [0.15, 0.2) is 5.37 Å². The molecule has 2 rings (SSSR count). The van der Waals surface area contributed by atoms with Crippen LogP contribution in [0.1, 0.15) is 5.56 Å². The number of amides is 1. The lowest BCUT2D eigenvalue weighted by atomic mass is 10.2. The lowest BCUT2D eigenvalue weighted by molar-refractivity contribution is -0.118. The molecule has 0 aromatic heterocycles. The molecule has 0 saturated carbocycles. The molecule has 0 radical (unpaired) electrons. The fourth-order valence-corrected chi connectivity index (χ4v) is 3.35. The van der Waals surface area contributed by atoms with Crippen LogP contribution in [-0.2, 0) is 14.8 Å². The summed E-state index contributed by atoms with van der Waals surface area (Å²) in [4.78, 5) is 12.4. The van der Waals surface area contributed by atoms with Crippen LogP contribution in [-0.4, -0.2) is 31.1 Å². The van der Waals surface area contributed by atoms with Crippen molar-refractivity contribution in [2.24, 2.45) is 5.73 Å². The number of nitrogens with zero attached hydrogens (tertiary/aromatic N) is 1. The van der Waals surface area contributed by atoms with Gasteiger partial charge >= 0.3 is 0 Å². The van der Waals surface area contributed by atoms with E-state index in [2.05, 4.69) is 4.72 Å². The van der Waals surface area contributed by atoms with Gasteiger partial charge in [0.2, 0.25) is 5.91 Å². The summed E-state index contributed by atoms with van der Waals surface area (Å²) < 4.78 is 27.4. The van der Waals surface area contributed by atoms with E-state index in [0.717, 1.165) is 5.56 Å². The quantitative estimate of drug-likeness (QED) is 0.846. The van der Waals surface area contributed by atoms with Gasteiger partial charge in [0.25, 0.3) is 10.0 Å². The summed E-state index contributed by atoms with van der Waals surface area (Å²) in [6.07, 6.45) is 6.31. The first-order chi connectivity index (χ1) is 9.88. The Morgan fingerprint density at radius 3 is 2.57 bits per heavy atom. The fraction of sp³-hybridized carbons (Fsp3) is 0.214. The lowest BCUT2D eigenvalue weighted by Crippen LogP contribution is -2.44. The average molecular weight is 307 g/mol. The number of rotatable bonds is 5. The second-order valence-corrected chi connectivity index (χ2v) is 6.55. The Kier molecular flexibility index (Phi) is 4.32. The highest BCUT2D eigenvalue weighted by Crippen LogP contribution is 2.18. The van der Waals surface area contributed by atoms with Crippen molar-refractivity contribution >= 4 is 21.6 Å². The Bertz CT molecular complexity index is 678. The summed E-state index contributed by atoms with van der Waals surface area (Å²) in [5.74, 6) is -0.592. The Balaban J connectivity index is 2.20. The first kappa shape index (κ1) is 15.1. The Labute approximate surface area is 124 Å². The van der Waals surface area contributed by atoms with Crippen molar-refractivity contribution in [1.82, 2.24) is 4.90 Å². The minimum Gasteiger partial charge on any atom is -0.368 e. The van der Waals surface area contributed by atoms with Crippen LogP contribution in [0.3, 0.4) is 0 Å². The minimum absolute atomic E-state index is 0.166. The van der Waals surface area contributed by atoms with Crippen LogP contribution < -0.4 is 10.5 Å². The van der Waals surface area contributed by atoms with E-state index in [0.29, 0.717) is 5.69 Å². The number of benzene rings is 1. The molecule has 3 N–H and O–H groups in total. The maximum Gasteiger partial charge on any atom is 0.257 e. The topological polar surface area (TPSA) is 92.5 Å². The first-order valence-electron chi connectivity index (χ1n) is 6.36. The van der Waals surface area contributed by atoms with Crippen molar-refractivity contribution < 1.29 is 13.2 Å². The van der Waals surface area contributed by atoms with E-state index in [-0.39, 0.29) is 6.54 Å². The molecule has 1 amide bonds. The highest BCUT2D eigenvalue weighted by molar-refractivity contribution is 7.93. The van der Waals surface area contributed by atoms with Gasteiger partial charge in [-0.3, -0.25) is 9.52 Å². The molecule has 1 heterocycles. The summed E-state index contributed by atoms with van der Waals surface area (Å²) in [5, 5.41) is -0.976. The number of carbonyl (C=O) groups excluding carboxylic acids is 1. The van der Waals surface area contributed by atoms with Gasteiger partial charge in [-0.15, -0.1) is 0 Å². The molecule has 0 spiro atoms. The van der Waals surface area contributed by atoms with Gasteiger partial charge in [0.05, 0.1) is 6.54 Å². The molecule has 7 heteroatoms. The van der Waals surface area contributed by atoms with Gasteiger partial charge in [0, 0.05) is 11.9 Å². The number of nitrogens with one attached hydrogen (secondary N) is 1. The lowest BCUT2D eigenvalue weighted by Gasteiger charge is -2.29. The van der Waals surface area contributed by atoms with Crippen LogP contribution >= 0.6 is 0 Å². The Hall–Kier alpha value is -2.28. The van der Waals surface area contributed by atoms with E-state index in [1.807, 2.05) is 19.1 Å². The largest absolute Gasteiger partial charge is 0.368 e. The predicted molar refractivity (Wildman–Crippen MR) is 81.7 cm³/mol. The summed E-state index contributed by atoms with van der Waals surface area (Å²) in [6, 6.07) is 7.01. The molecular weight excluding hydrogens is 290 g/mol. The van der Waals surface area contributed by atoms with E-state index in [1.165, 1.54) is 17.2 Å². The molecule has 1 unspecified atom stereocenters. The maximum atomic E-state index is 12.4. The van der Waals surface area contributed by atoms with Crippen LogP contribution in [0.15, 0.2) is 48.7 Å². The number of primary amides is 1. The molecule has 1 atom stereocenters. The number of hydrogen-bond acceptors (Lipinski definition) is 4. The van der Waals surface area contributed by atoms with Gasteiger partial charge < -0.3 is 10.6 Å². The van der Waals surface area contributed by atoms with Crippen molar-refractivity contribution in [1.29, 1.82) is 0 Å². The van der Waals surface area contributed by atoms with Crippen molar-refractivity contribution in [2.75, 3.05) is 11.3 Å². The summed E-state index contributed by atoms with van der Waals surface area (Å²) in [5.41, 5.74) is 6.65. The van der Waals surface area contributed by atoms with E-state index in [1.54, 1.807) is 24.3 Å². The zero-order valence-electron chi connectivity index (χ0n) is 11.6. The van der Waals surface area contributed by atoms with E-state index in [9.17, 15) is 13.2 Å². The zero-order chi connectivity index (χ0) is 15.5. The summed E-state index contributed by atoms with van der Waals surface area (Å²) in [6.45, 7) is 1.75. The normalized spacial score (nSPS) is 17.8. The predicted octanol–water partition coefficient (Wildman–Crippen LogP) is 0.934. The van der Waals surface area contributed by atoms with Crippen molar-refractivity contribution in [2.45, 2.75) is 12.3 Å². The van der Waals surface area contributed by atoms with E-state index < -0.39 is 21.3 Å². The Morgan fingerprint density at radius 1 is 1.29 bits per heavy atom. The van der Waals surface area contributed by atoms with Gasteiger partial charge in [-0.1, -0.05) is 23.8 Å². The number of carbonyl (C=O) groups is 1. The molecule has 1 aromatic rings. The third kappa shape index (κ3) is 3.85. The molecule has 112 valence electrons. The molecule has 0 bridgehead atoms. The number of sulfonamides is 1. The third-order valence-corrected chi connectivity index (χ3v) is 4.54.